The van der Waals surface area contributed by atoms with Crippen molar-refractivity contribution in [2.24, 2.45) is 0 Å². The van der Waals surface area contributed by atoms with E-state index in [0.29, 0.717) is 28.2 Å². The summed E-state index contributed by atoms with van der Waals surface area (Å²) in [5, 5.41) is 6.63. The number of nitrogens with zero attached hydrogens (tertiary/aromatic N) is 1. The van der Waals surface area contributed by atoms with E-state index in [1.165, 1.54) is 18.3 Å². The highest BCUT2D eigenvalue weighted by Gasteiger charge is 2.21. The second-order valence-corrected chi connectivity index (χ2v) is 7.74. The maximum Gasteiger partial charge on any atom is 0.312 e. The highest BCUT2D eigenvalue weighted by atomic mass is 32.1. The van der Waals surface area contributed by atoms with Crippen LogP contribution in [0.25, 0.3) is 10.6 Å². The van der Waals surface area contributed by atoms with E-state index in [4.69, 9.17) is 4.74 Å². The monoisotopic (exact) mass is 402 g/mol. The van der Waals surface area contributed by atoms with E-state index in [0.717, 1.165) is 10.6 Å². The Kier molecular flexibility index (Phi) is 5.67. The van der Waals surface area contributed by atoms with Crippen LogP contribution in [0, 0.1) is 13.8 Å². The Morgan fingerprint density at radius 2 is 2.00 bits per heavy atom. The molecule has 0 bridgehead atoms. The third-order valence-electron chi connectivity index (χ3n) is 4.08. The first-order chi connectivity index (χ1) is 12.9. The number of carbonyl (C=O) groups excluding carboxylic acids is 3. The van der Waals surface area contributed by atoms with Crippen molar-refractivity contribution in [2.45, 2.75) is 27.2 Å². The van der Waals surface area contributed by atoms with Gasteiger partial charge in [0.05, 0.1) is 17.8 Å². The maximum atomic E-state index is 12.3. The fourth-order valence-electron chi connectivity index (χ4n) is 2.88. The zero-order valence-electron chi connectivity index (χ0n) is 15.1. The Morgan fingerprint density at radius 1 is 1.22 bits per heavy atom. The van der Waals surface area contributed by atoms with Gasteiger partial charge in [-0.3, -0.25) is 14.4 Å². The molecule has 0 radical (unpaired) electrons. The van der Waals surface area contributed by atoms with E-state index in [1.54, 1.807) is 25.2 Å². The summed E-state index contributed by atoms with van der Waals surface area (Å²) in [6, 6.07) is 1.97. The predicted octanol–water partition coefficient (Wildman–Crippen LogP) is 3.99. The minimum absolute atomic E-state index is 0.00927. The quantitative estimate of drug-likeness (QED) is 0.477. The van der Waals surface area contributed by atoms with Crippen LogP contribution >= 0.6 is 22.7 Å². The summed E-state index contributed by atoms with van der Waals surface area (Å²) >= 11 is 3.05. The van der Waals surface area contributed by atoms with E-state index in [1.807, 2.05) is 22.2 Å². The molecule has 0 atom stereocenters. The highest BCUT2D eigenvalue weighted by molar-refractivity contribution is 7.14. The predicted molar refractivity (Wildman–Crippen MR) is 105 cm³/mol. The van der Waals surface area contributed by atoms with Crippen molar-refractivity contribution in [3.63, 3.8) is 0 Å². The van der Waals surface area contributed by atoms with E-state index < -0.39 is 5.97 Å². The van der Waals surface area contributed by atoms with E-state index in [2.05, 4.69) is 9.97 Å². The number of rotatable bonds is 7. The average Bonchev–Trinajstić information content (AvgIpc) is 3.32. The zero-order valence-corrected chi connectivity index (χ0v) is 16.8. The van der Waals surface area contributed by atoms with Crippen LogP contribution in [0.4, 0.5) is 0 Å². The number of aromatic nitrogens is 2. The van der Waals surface area contributed by atoms with Crippen molar-refractivity contribution in [2.75, 3.05) is 6.61 Å². The number of hydrogen-bond acceptors (Lipinski definition) is 7. The number of aryl methyl sites for hydroxylation is 1. The zero-order chi connectivity index (χ0) is 19.6. The van der Waals surface area contributed by atoms with Gasteiger partial charge in [-0.05, 0) is 37.8 Å². The SMILES string of the molecule is CC(=O)c1c(C)[nH]c(C(=O)COC(=O)Cc2csc(-c3ccsc3)n2)c1C. The van der Waals surface area contributed by atoms with Gasteiger partial charge in [-0.2, -0.15) is 11.3 Å². The lowest BCUT2D eigenvalue weighted by Crippen LogP contribution is -2.17. The molecule has 0 fully saturated rings. The molecule has 3 rings (SSSR count). The third-order valence-corrected chi connectivity index (χ3v) is 5.70. The van der Waals surface area contributed by atoms with Crippen LogP contribution in [0.2, 0.25) is 0 Å². The van der Waals surface area contributed by atoms with Gasteiger partial charge < -0.3 is 9.72 Å². The first kappa shape index (κ1) is 19.2. The number of carbonyl (C=O) groups is 3. The van der Waals surface area contributed by atoms with Gasteiger partial charge in [-0.1, -0.05) is 0 Å². The number of ether oxygens (including phenoxy) is 1. The minimum atomic E-state index is -0.516. The molecule has 8 heteroatoms. The first-order valence-electron chi connectivity index (χ1n) is 8.22. The summed E-state index contributed by atoms with van der Waals surface area (Å²) in [6.45, 7) is 4.52. The molecule has 0 aromatic carbocycles. The van der Waals surface area contributed by atoms with Gasteiger partial charge in [0, 0.05) is 27.6 Å². The van der Waals surface area contributed by atoms with Gasteiger partial charge in [0.2, 0.25) is 5.78 Å². The van der Waals surface area contributed by atoms with Crippen molar-refractivity contribution in [3.05, 3.63) is 50.4 Å². The minimum Gasteiger partial charge on any atom is -0.457 e. The number of thiazole rings is 1. The summed E-state index contributed by atoms with van der Waals surface area (Å²) in [7, 11) is 0. The van der Waals surface area contributed by atoms with Crippen LogP contribution in [0.5, 0.6) is 0 Å². The van der Waals surface area contributed by atoms with Crippen LogP contribution in [0.3, 0.4) is 0 Å². The lowest BCUT2D eigenvalue weighted by atomic mass is 10.1. The summed E-state index contributed by atoms with van der Waals surface area (Å²) in [5.74, 6) is -0.991. The number of H-pyrrole nitrogens is 1. The average molecular weight is 402 g/mol. The highest BCUT2D eigenvalue weighted by Crippen LogP contribution is 2.26. The van der Waals surface area contributed by atoms with Gasteiger partial charge in [-0.15, -0.1) is 11.3 Å². The first-order valence-corrected chi connectivity index (χ1v) is 10.0. The van der Waals surface area contributed by atoms with E-state index in [9.17, 15) is 14.4 Å². The molecule has 0 amide bonds. The number of thiophene rings is 1. The molecule has 27 heavy (non-hydrogen) atoms. The summed E-state index contributed by atoms with van der Waals surface area (Å²) in [4.78, 5) is 43.4. The van der Waals surface area contributed by atoms with Crippen LogP contribution in [-0.4, -0.2) is 34.1 Å². The fourth-order valence-corrected chi connectivity index (χ4v) is 4.41. The van der Waals surface area contributed by atoms with Crippen LogP contribution in [0.1, 0.15) is 44.7 Å². The molecular formula is C19H18N2O4S2. The second kappa shape index (κ2) is 7.98. The number of esters is 1. The van der Waals surface area contributed by atoms with Crippen molar-refractivity contribution in [1.82, 2.24) is 9.97 Å². The molecule has 0 aliphatic rings. The number of aromatic amines is 1. The lowest BCUT2D eigenvalue weighted by Gasteiger charge is -2.03. The Balaban J connectivity index is 1.59. The Bertz CT molecular complexity index is 999. The molecule has 0 spiro atoms. The second-order valence-electron chi connectivity index (χ2n) is 6.10. The molecule has 3 heterocycles. The third kappa shape index (κ3) is 4.23. The number of ketones is 2. The topological polar surface area (TPSA) is 89.1 Å². The number of Topliss-reactive ketones (excluding diaryl/α,β-unsaturated/α-hetero) is 2. The van der Waals surface area contributed by atoms with Gasteiger partial charge in [0.15, 0.2) is 12.4 Å². The van der Waals surface area contributed by atoms with Crippen molar-refractivity contribution in [1.29, 1.82) is 0 Å². The summed E-state index contributed by atoms with van der Waals surface area (Å²) < 4.78 is 5.10. The van der Waals surface area contributed by atoms with Gasteiger partial charge in [-0.25, -0.2) is 4.98 Å². The number of nitrogens with one attached hydrogen (secondary N) is 1. The van der Waals surface area contributed by atoms with Crippen molar-refractivity contribution >= 4 is 40.2 Å². The largest absolute Gasteiger partial charge is 0.457 e. The van der Waals surface area contributed by atoms with Crippen LogP contribution in [-0.2, 0) is 16.0 Å². The molecular weight excluding hydrogens is 384 g/mol. The van der Waals surface area contributed by atoms with Crippen LogP contribution < -0.4 is 0 Å². The molecule has 0 aliphatic heterocycles. The van der Waals surface area contributed by atoms with Crippen molar-refractivity contribution < 1.29 is 19.1 Å². The molecule has 6 nitrogen and oxygen atoms in total. The Morgan fingerprint density at radius 3 is 2.63 bits per heavy atom. The Labute approximate surface area is 164 Å². The molecule has 0 saturated heterocycles. The summed E-state index contributed by atoms with van der Waals surface area (Å²) in [5.41, 5.74) is 3.68. The van der Waals surface area contributed by atoms with Gasteiger partial charge in [0.1, 0.15) is 5.01 Å². The Hall–Kier alpha value is -2.58. The lowest BCUT2D eigenvalue weighted by molar-refractivity contribution is -0.141. The molecule has 0 aliphatic carbocycles. The van der Waals surface area contributed by atoms with Gasteiger partial charge in [0.25, 0.3) is 0 Å². The molecule has 3 aromatic heterocycles. The maximum absolute atomic E-state index is 12.3. The van der Waals surface area contributed by atoms with Crippen LogP contribution in [0.15, 0.2) is 22.2 Å². The van der Waals surface area contributed by atoms with Crippen molar-refractivity contribution in [3.8, 4) is 10.6 Å². The molecule has 140 valence electrons. The summed E-state index contributed by atoms with van der Waals surface area (Å²) in [6.07, 6.45) is 0.00927. The van der Waals surface area contributed by atoms with E-state index >= 15 is 0 Å². The smallest absolute Gasteiger partial charge is 0.312 e. The number of hydrogen-bond donors (Lipinski definition) is 1. The van der Waals surface area contributed by atoms with Gasteiger partial charge >= 0.3 is 5.97 Å². The molecule has 1 N–H and O–H groups in total. The normalized spacial score (nSPS) is 10.8. The van der Waals surface area contributed by atoms with E-state index in [-0.39, 0.29) is 24.6 Å². The standard InChI is InChI=1S/C19H18N2O4S2/c1-10-17(12(3)22)11(2)20-18(10)15(23)7-25-16(24)6-14-9-27-19(21-14)13-4-5-26-8-13/h4-5,8-9,20H,6-7H2,1-3H3. The fraction of sp³-hybridized carbons (Fsp3) is 0.263. The molecule has 0 unspecified atom stereocenters. The molecule has 0 saturated carbocycles. The molecule has 3 aromatic rings.